The molecule has 0 unspecified atom stereocenters. The van der Waals surface area contributed by atoms with Crippen LogP contribution in [0.3, 0.4) is 0 Å². The third kappa shape index (κ3) is 3.49. The third-order valence-electron chi connectivity index (χ3n) is 1.95. The van der Waals surface area contributed by atoms with Gasteiger partial charge in [0.25, 0.3) is 0 Å². The minimum Gasteiger partial charge on any atom is -0.449 e. The smallest absolute Gasteiger partial charge is 0.410 e. The van der Waals surface area contributed by atoms with Crippen molar-refractivity contribution in [3.8, 4) is 0 Å². The van der Waals surface area contributed by atoms with Gasteiger partial charge in [0.05, 0.1) is 6.61 Å². The topological polar surface area (TPSA) is 29.5 Å². The first kappa shape index (κ1) is 10.1. The number of hydrogen-bond acceptors (Lipinski definition) is 2. The highest BCUT2D eigenvalue weighted by Crippen LogP contribution is 2.03. The molecule has 0 aromatic rings. The number of ether oxygens (including phenoxy) is 1. The molecule has 3 nitrogen and oxygen atoms in total. The van der Waals surface area contributed by atoms with Crippen molar-refractivity contribution in [1.82, 2.24) is 4.90 Å². The summed E-state index contributed by atoms with van der Waals surface area (Å²) in [5.41, 5.74) is 0. The fourth-order valence-electron chi connectivity index (χ4n) is 1.13. The summed E-state index contributed by atoms with van der Waals surface area (Å²) in [5, 5.41) is 0. The fourth-order valence-corrected chi connectivity index (χ4v) is 1.13. The zero-order chi connectivity index (χ0) is 9.52. The molecule has 1 heterocycles. The molecule has 1 amide bonds. The highest BCUT2D eigenvalue weighted by atomic mass is 16.6. The van der Waals surface area contributed by atoms with E-state index in [1.165, 1.54) is 0 Å². The molecular formula is C10H16NO2. The normalized spacial score (nSPS) is 15.9. The Balaban J connectivity index is 2.18. The molecule has 0 aliphatic carbocycles. The van der Waals surface area contributed by atoms with Crippen LogP contribution in [0.4, 0.5) is 4.79 Å². The number of rotatable bonds is 3. The Labute approximate surface area is 79.4 Å². The van der Waals surface area contributed by atoms with Crippen LogP contribution < -0.4 is 0 Å². The monoisotopic (exact) mass is 182 g/mol. The van der Waals surface area contributed by atoms with Gasteiger partial charge in [-0.15, -0.1) is 0 Å². The summed E-state index contributed by atoms with van der Waals surface area (Å²) in [6.45, 7) is 3.95. The van der Waals surface area contributed by atoms with Gasteiger partial charge < -0.3 is 9.64 Å². The first-order chi connectivity index (χ1) is 6.34. The molecule has 0 aromatic heterocycles. The van der Waals surface area contributed by atoms with E-state index in [0.29, 0.717) is 13.2 Å². The second-order valence-corrected chi connectivity index (χ2v) is 3.09. The van der Waals surface area contributed by atoms with Gasteiger partial charge in [0.2, 0.25) is 0 Å². The van der Waals surface area contributed by atoms with Crippen LogP contribution in [0.5, 0.6) is 0 Å². The summed E-state index contributed by atoms with van der Waals surface area (Å²) in [4.78, 5) is 13.0. The predicted octanol–water partition coefficient (Wildman–Crippen LogP) is 1.99. The first-order valence-corrected chi connectivity index (χ1v) is 4.81. The van der Waals surface area contributed by atoms with Crippen LogP contribution in [0.25, 0.3) is 0 Å². The molecule has 73 valence electrons. The maximum absolute atomic E-state index is 11.3. The van der Waals surface area contributed by atoms with Crippen LogP contribution in [-0.4, -0.2) is 30.7 Å². The summed E-state index contributed by atoms with van der Waals surface area (Å²) in [6.07, 6.45) is 7.66. The molecule has 3 heteroatoms. The van der Waals surface area contributed by atoms with Crippen molar-refractivity contribution in [1.29, 1.82) is 0 Å². The molecule has 0 spiro atoms. The van der Waals surface area contributed by atoms with E-state index in [4.69, 9.17) is 4.74 Å². The lowest BCUT2D eigenvalue weighted by atomic mass is 10.3. The second-order valence-electron chi connectivity index (χ2n) is 3.09. The summed E-state index contributed by atoms with van der Waals surface area (Å²) in [7, 11) is 0. The van der Waals surface area contributed by atoms with Crippen molar-refractivity contribution >= 4 is 6.09 Å². The largest absolute Gasteiger partial charge is 0.449 e. The molecule has 1 rings (SSSR count). The van der Waals surface area contributed by atoms with Crippen molar-refractivity contribution in [3.63, 3.8) is 0 Å². The van der Waals surface area contributed by atoms with Gasteiger partial charge in [-0.25, -0.2) is 4.79 Å². The number of nitrogens with zero attached hydrogens (tertiary/aromatic N) is 1. The Bertz CT molecular complexity index is 189. The maximum atomic E-state index is 11.3. The van der Waals surface area contributed by atoms with E-state index in [0.717, 1.165) is 25.8 Å². The molecule has 0 saturated carbocycles. The molecule has 1 radical (unpaired) electrons. The fraction of sp³-hybridized carbons (Fsp3) is 0.700. The summed E-state index contributed by atoms with van der Waals surface area (Å²) in [5.74, 6) is 0. The van der Waals surface area contributed by atoms with E-state index in [-0.39, 0.29) is 6.09 Å². The van der Waals surface area contributed by atoms with Crippen molar-refractivity contribution < 1.29 is 9.53 Å². The van der Waals surface area contributed by atoms with Gasteiger partial charge in [-0.05, 0) is 18.9 Å². The van der Waals surface area contributed by atoms with Crippen LogP contribution >= 0.6 is 0 Å². The van der Waals surface area contributed by atoms with Gasteiger partial charge in [0.15, 0.2) is 0 Å². The number of carbonyl (C=O) groups excluding carboxylic acids is 1. The van der Waals surface area contributed by atoms with E-state index in [2.05, 4.69) is 13.0 Å². The summed E-state index contributed by atoms with van der Waals surface area (Å²) < 4.78 is 5.06. The zero-order valence-corrected chi connectivity index (χ0v) is 8.08. The number of carbonyl (C=O) groups is 1. The predicted molar refractivity (Wildman–Crippen MR) is 50.3 cm³/mol. The lowest BCUT2D eigenvalue weighted by Gasteiger charge is -2.22. The Morgan fingerprint density at radius 1 is 1.69 bits per heavy atom. The second kappa shape index (κ2) is 5.62. The van der Waals surface area contributed by atoms with E-state index in [1.54, 1.807) is 4.90 Å². The van der Waals surface area contributed by atoms with Crippen LogP contribution in [0.2, 0.25) is 0 Å². The molecule has 1 aliphatic heterocycles. The van der Waals surface area contributed by atoms with Gasteiger partial charge in [0, 0.05) is 13.1 Å². The molecule has 13 heavy (non-hydrogen) atoms. The SMILES string of the molecule is CCCCOC(=O)N1C[C]=CCC1. The zero-order valence-electron chi connectivity index (χ0n) is 8.08. The van der Waals surface area contributed by atoms with Crippen LogP contribution in [0.1, 0.15) is 26.2 Å². The number of amides is 1. The highest BCUT2D eigenvalue weighted by molar-refractivity contribution is 5.67. The van der Waals surface area contributed by atoms with Gasteiger partial charge in [-0.3, -0.25) is 0 Å². The van der Waals surface area contributed by atoms with Crippen molar-refractivity contribution in [2.45, 2.75) is 26.2 Å². The number of unbranched alkanes of at least 4 members (excludes halogenated alkanes) is 1. The molecular weight excluding hydrogens is 166 g/mol. The molecule has 0 saturated heterocycles. The van der Waals surface area contributed by atoms with Crippen molar-refractivity contribution in [2.75, 3.05) is 19.7 Å². The Morgan fingerprint density at radius 2 is 2.54 bits per heavy atom. The van der Waals surface area contributed by atoms with E-state index >= 15 is 0 Å². The third-order valence-corrected chi connectivity index (χ3v) is 1.95. The molecule has 1 aliphatic rings. The Morgan fingerprint density at radius 3 is 3.15 bits per heavy atom. The van der Waals surface area contributed by atoms with Crippen molar-refractivity contribution in [2.24, 2.45) is 0 Å². The Hall–Kier alpha value is -0.990. The van der Waals surface area contributed by atoms with E-state index in [9.17, 15) is 4.79 Å². The molecule has 0 fully saturated rings. The maximum Gasteiger partial charge on any atom is 0.410 e. The van der Waals surface area contributed by atoms with Crippen molar-refractivity contribution in [3.05, 3.63) is 12.2 Å². The lowest BCUT2D eigenvalue weighted by molar-refractivity contribution is 0.104. The van der Waals surface area contributed by atoms with Gasteiger partial charge in [-0.2, -0.15) is 0 Å². The van der Waals surface area contributed by atoms with Gasteiger partial charge in [0.1, 0.15) is 0 Å². The highest BCUT2D eigenvalue weighted by Gasteiger charge is 2.14. The minimum absolute atomic E-state index is 0.200. The Kier molecular flexibility index (Phi) is 4.36. The lowest BCUT2D eigenvalue weighted by Crippen LogP contribution is -2.34. The molecule has 0 bridgehead atoms. The number of hydrogen-bond donors (Lipinski definition) is 0. The van der Waals surface area contributed by atoms with Gasteiger partial charge in [-0.1, -0.05) is 19.4 Å². The minimum atomic E-state index is -0.200. The first-order valence-electron chi connectivity index (χ1n) is 4.81. The quantitative estimate of drug-likeness (QED) is 0.625. The van der Waals surface area contributed by atoms with Crippen LogP contribution in [-0.2, 0) is 4.74 Å². The van der Waals surface area contributed by atoms with Crippen LogP contribution in [0.15, 0.2) is 6.08 Å². The van der Waals surface area contributed by atoms with E-state index in [1.807, 2.05) is 6.08 Å². The average molecular weight is 182 g/mol. The summed E-state index contributed by atoms with van der Waals surface area (Å²) in [6, 6.07) is 0. The molecule has 0 atom stereocenters. The average Bonchev–Trinajstić information content (AvgIpc) is 2.19. The van der Waals surface area contributed by atoms with Gasteiger partial charge >= 0.3 is 6.09 Å². The van der Waals surface area contributed by atoms with Crippen LogP contribution in [0, 0.1) is 6.08 Å². The molecule has 0 aromatic carbocycles. The summed E-state index contributed by atoms with van der Waals surface area (Å²) >= 11 is 0. The standard InChI is InChI=1S/C10H16NO2/c1-2-3-9-13-10(12)11-7-5-4-6-8-11/h4H,2-3,5,7-9H2,1H3. The molecule has 0 N–H and O–H groups in total. The van der Waals surface area contributed by atoms with E-state index < -0.39 is 0 Å².